The van der Waals surface area contributed by atoms with Gasteiger partial charge in [0.2, 0.25) is 0 Å². The number of carbonyl (C=O) groups excluding carboxylic acids is 1. The molecule has 1 aromatic carbocycles. The third-order valence-corrected chi connectivity index (χ3v) is 3.95. The summed E-state index contributed by atoms with van der Waals surface area (Å²) in [6.45, 7) is 9.84. The molecule has 0 bridgehead atoms. The van der Waals surface area contributed by atoms with E-state index in [4.69, 9.17) is 9.47 Å². The minimum Gasteiger partial charge on any atom is -0.493 e. The molecule has 1 saturated heterocycles. The summed E-state index contributed by atoms with van der Waals surface area (Å²) < 4.78 is 11.0. The van der Waals surface area contributed by atoms with Crippen molar-refractivity contribution in [3.63, 3.8) is 0 Å². The Labute approximate surface area is 138 Å². The highest BCUT2D eigenvalue weighted by atomic mass is 16.5. The lowest BCUT2D eigenvalue weighted by molar-refractivity contribution is -0.143. The Morgan fingerprint density at radius 2 is 2.00 bits per heavy atom. The third kappa shape index (κ3) is 6.04. The monoisotopic (exact) mass is 318 g/mol. The van der Waals surface area contributed by atoms with E-state index in [9.17, 15) is 4.79 Å². The second-order valence-corrected chi connectivity index (χ2v) is 6.00. The van der Waals surface area contributed by atoms with E-state index in [0.717, 1.165) is 31.0 Å². The van der Waals surface area contributed by atoms with Gasteiger partial charge in [-0.2, -0.15) is 0 Å². The van der Waals surface area contributed by atoms with Gasteiger partial charge >= 0.3 is 5.97 Å². The summed E-state index contributed by atoms with van der Waals surface area (Å²) in [7, 11) is 2.08. The maximum atomic E-state index is 11.1. The number of carbonyl (C=O) groups is 1. The lowest BCUT2D eigenvalue weighted by Gasteiger charge is -2.39. The van der Waals surface area contributed by atoms with Gasteiger partial charge in [0.25, 0.3) is 0 Å². The van der Waals surface area contributed by atoms with E-state index in [1.54, 1.807) is 0 Å². The summed E-state index contributed by atoms with van der Waals surface area (Å²) in [5, 5.41) is 0. The molecule has 0 N–H and O–H groups in total. The van der Waals surface area contributed by atoms with Gasteiger partial charge in [-0.05, 0) is 12.6 Å². The minimum absolute atomic E-state index is 0.176. The van der Waals surface area contributed by atoms with Crippen LogP contribution in [-0.2, 0) is 20.9 Å². The maximum Gasteiger partial charge on any atom is 0.302 e. The summed E-state index contributed by atoms with van der Waals surface area (Å²) >= 11 is 0. The molecule has 23 heavy (non-hydrogen) atoms. The molecular formula is C18H26N2O3. The van der Waals surface area contributed by atoms with E-state index in [1.165, 1.54) is 6.92 Å². The number of esters is 1. The molecule has 1 aromatic rings. The predicted octanol–water partition coefficient (Wildman–Crippen LogP) is 1.90. The molecule has 5 nitrogen and oxygen atoms in total. The van der Waals surface area contributed by atoms with Crippen molar-refractivity contribution < 1.29 is 14.3 Å². The molecule has 5 heteroatoms. The molecule has 0 aliphatic carbocycles. The average Bonchev–Trinajstić information content (AvgIpc) is 2.54. The van der Waals surface area contributed by atoms with Crippen LogP contribution in [0, 0.1) is 0 Å². The fourth-order valence-corrected chi connectivity index (χ4v) is 2.66. The van der Waals surface area contributed by atoms with E-state index in [0.29, 0.717) is 19.8 Å². The van der Waals surface area contributed by atoms with Gasteiger partial charge in [-0.15, -0.1) is 0 Å². The number of benzene rings is 1. The Bertz CT molecular complexity index is 518. The van der Waals surface area contributed by atoms with Crippen molar-refractivity contribution in [1.29, 1.82) is 0 Å². The number of hydrogen-bond donors (Lipinski definition) is 0. The normalized spacial score (nSPS) is 19.3. The zero-order valence-corrected chi connectivity index (χ0v) is 14.0. The van der Waals surface area contributed by atoms with Crippen molar-refractivity contribution >= 4 is 5.97 Å². The van der Waals surface area contributed by atoms with Gasteiger partial charge in [-0.3, -0.25) is 9.69 Å². The van der Waals surface area contributed by atoms with Crippen LogP contribution in [0.5, 0.6) is 0 Å². The van der Waals surface area contributed by atoms with Crippen molar-refractivity contribution in [3.8, 4) is 0 Å². The Morgan fingerprint density at radius 1 is 1.26 bits per heavy atom. The highest BCUT2D eigenvalue weighted by molar-refractivity contribution is 5.65. The van der Waals surface area contributed by atoms with Crippen LogP contribution in [0.2, 0.25) is 0 Å². The van der Waals surface area contributed by atoms with Crippen molar-refractivity contribution in [2.75, 3.05) is 39.8 Å². The molecule has 0 spiro atoms. The molecule has 1 unspecified atom stereocenters. The van der Waals surface area contributed by atoms with Gasteiger partial charge in [0.1, 0.15) is 19.0 Å². The van der Waals surface area contributed by atoms with Crippen LogP contribution in [0.3, 0.4) is 0 Å². The summed E-state index contributed by atoms with van der Waals surface area (Å²) in [5.74, 6) is 0.503. The smallest absolute Gasteiger partial charge is 0.302 e. The summed E-state index contributed by atoms with van der Waals surface area (Å²) in [6.07, 6.45) is 0. The van der Waals surface area contributed by atoms with E-state index in [-0.39, 0.29) is 12.0 Å². The number of ether oxygens (including phenoxy) is 2. The van der Waals surface area contributed by atoms with Crippen LogP contribution >= 0.6 is 0 Å². The Morgan fingerprint density at radius 3 is 2.70 bits per heavy atom. The SMILES string of the molecule is C=C(CN1CCN(C)CC1COC(C)=O)OCc1ccccc1. The quantitative estimate of drug-likeness (QED) is 0.567. The van der Waals surface area contributed by atoms with Crippen molar-refractivity contribution in [2.45, 2.75) is 19.6 Å². The molecule has 1 aliphatic heterocycles. The van der Waals surface area contributed by atoms with E-state index in [1.807, 2.05) is 30.3 Å². The van der Waals surface area contributed by atoms with Crippen LogP contribution in [0.25, 0.3) is 0 Å². The molecule has 1 fully saturated rings. The van der Waals surface area contributed by atoms with Crippen LogP contribution in [0.4, 0.5) is 0 Å². The van der Waals surface area contributed by atoms with Gasteiger partial charge < -0.3 is 14.4 Å². The molecule has 0 saturated carbocycles. The second kappa shape index (κ2) is 8.70. The summed E-state index contributed by atoms with van der Waals surface area (Å²) in [5.41, 5.74) is 1.13. The van der Waals surface area contributed by atoms with Crippen LogP contribution < -0.4 is 0 Å². The lowest BCUT2D eigenvalue weighted by atomic mass is 10.2. The molecule has 1 atom stereocenters. The second-order valence-electron chi connectivity index (χ2n) is 6.00. The largest absolute Gasteiger partial charge is 0.493 e. The molecular weight excluding hydrogens is 292 g/mol. The highest BCUT2D eigenvalue weighted by Crippen LogP contribution is 2.13. The number of likely N-dealkylation sites (N-methyl/N-ethyl adjacent to an activating group) is 1. The number of piperazine rings is 1. The third-order valence-electron chi connectivity index (χ3n) is 3.95. The Balaban J connectivity index is 1.82. The van der Waals surface area contributed by atoms with Crippen LogP contribution in [0.1, 0.15) is 12.5 Å². The van der Waals surface area contributed by atoms with Gasteiger partial charge in [-0.25, -0.2) is 0 Å². The van der Waals surface area contributed by atoms with E-state index in [2.05, 4.69) is 23.4 Å². The molecule has 0 aromatic heterocycles. The molecule has 1 heterocycles. The van der Waals surface area contributed by atoms with Crippen molar-refractivity contribution in [2.24, 2.45) is 0 Å². The van der Waals surface area contributed by atoms with Gasteiger partial charge in [-0.1, -0.05) is 36.9 Å². The molecule has 0 amide bonds. The Kier molecular flexibility index (Phi) is 6.62. The minimum atomic E-state index is -0.239. The first-order chi connectivity index (χ1) is 11.0. The lowest BCUT2D eigenvalue weighted by Crippen LogP contribution is -2.54. The Hall–Kier alpha value is -1.85. The number of nitrogens with zero attached hydrogens (tertiary/aromatic N) is 2. The average molecular weight is 318 g/mol. The van der Waals surface area contributed by atoms with Gasteiger partial charge in [0.05, 0.1) is 12.6 Å². The van der Waals surface area contributed by atoms with Gasteiger partial charge in [0, 0.05) is 26.6 Å². The van der Waals surface area contributed by atoms with E-state index >= 15 is 0 Å². The fraction of sp³-hybridized carbons (Fsp3) is 0.500. The first-order valence-electron chi connectivity index (χ1n) is 7.95. The number of rotatable bonds is 7. The van der Waals surface area contributed by atoms with E-state index < -0.39 is 0 Å². The van der Waals surface area contributed by atoms with Crippen molar-refractivity contribution in [1.82, 2.24) is 9.80 Å². The zero-order chi connectivity index (χ0) is 16.7. The topological polar surface area (TPSA) is 42.0 Å². The molecule has 2 rings (SSSR count). The maximum absolute atomic E-state index is 11.1. The molecule has 0 radical (unpaired) electrons. The molecule has 1 aliphatic rings. The predicted molar refractivity (Wildman–Crippen MR) is 89.9 cm³/mol. The first-order valence-corrected chi connectivity index (χ1v) is 7.95. The highest BCUT2D eigenvalue weighted by Gasteiger charge is 2.26. The zero-order valence-electron chi connectivity index (χ0n) is 14.0. The van der Waals surface area contributed by atoms with Crippen molar-refractivity contribution in [3.05, 3.63) is 48.2 Å². The fourth-order valence-electron chi connectivity index (χ4n) is 2.66. The first kappa shape index (κ1) is 17.5. The number of hydrogen-bond acceptors (Lipinski definition) is 5. The van der Waals surface area contributed by atoms with Crippen LogP contribution in [0.15, 0.2) is 42.7 Å². The standard InChI is InChI=1S/C18H26N2O3/c1-15(22-13-17-7-5-4-6-8-17)11-20-10-9-19(3)12-18(20)14-23-16(2)21/h4-8,18H,1,9-14H2,2-3H3. The molecule has 126 valence electrons. The summed E-state index contributed by atoms with van der Waals surface area (Å²) in [6, 6.07) is 10.2. The summed E-state index contributed by atoms with van der Waals surface area (Å²) in [4.78, 5) is 15.6. The van der Waals surface area contributed by atoms with Crippen LogP contribution in [-0.4, -0.2) is 61.6 Å². The van der Waals surface area contributed by atoms with Gasteiger partial charge in [0.15, 0.2) is 0 Å².